The van der Waals surface area contributed by atoms with Crippen molar-refractivity contribution in [3.05, 3.63) is 29.5 Å². The number of rotatable bonds is 4. The van der Waals surface area contributed by atoms with E-state index in [1.165, 1.54) is 16.6 Å². The molecule has 0 saturated heterocycles. The van der Waals surface area contributed by atoms with E-state index in [0.717, 1.165) is 27.8 Å². The molecule has 0 fully saturated rings. The highest BCUT2D eigenvalue weighted by Crippen LogP contribution is 2.28. The fourth-order valence-corrected chi connectivity index (χ4v) is 3.23. The van der Waals surface area contributed by atoms with Crippen LogP contribution >= 0.6 is 11.8 Å². The average Bonchev–Trinajstić information content (AvgIpc) is 3.01. The van der Waals surface area contributed by atoms with Gasteiger partial charge in [-0.15, -0.1) is 10.2 Å². The van der Waals surface area contributed by atoms with Crippen molar-refractivity contribution < 1.29 is 0 Å². The fraction of sp³-hybridized carbons (Fsp3) is 0.312. The quantitative estimate of drug-likeness (QED) is 0.590. The number of H-pyrrole nitrogens is 1. The molecule has 5 nitrogen and oxygen atoms in total. The summed E-state index contributed by atoms with van der Waals surface area (Å²) in [7, 11) is 1.96. The van der Waals surface area contributed by atoms with Crippen molar-refractivity contribution >= 4 is 22.7 Å². The van der Waals surface area contributed by atoms with Crippen LogP contribution in [0.2, 0.25) is 0 Å². The van der Waals surface area contributed by atoms with Crippen LogP contribution in [-0.2, 0) is 7.05 Å². The topological polar surface area (TPSA) is 70.3 Å². The zero-order valence-electron chi connectivity index (χ0n) is 12.8. The molecule has 2 heterocycles. The van der Waals surface area contributed by atoms with Gasteiger partial charge in [-0.3, -0.25) is 0 Å². The van der Waals surface area contributed by atoms with Crippen molar-refractivity contribution in [1.29, 1.82) is 5.26 Å². The second kappa shape index (κ2) is 5.85. The third kappa shape index (κ3) is 2.48. The molecule has 0 radical (unpaired) electrons. The normalized spacial score (nSPS) is 11.0. The van der Waals surface area contributed by atoms with E-state index in [0.29, 0.717) is 6.42 Å². The molecule has 0 spiro atoms. The lowest BCUT2D eigenvalue weighted by Gasteiger charge is -2.04. The molecule has 0 aliphatic carbocycles. The average molecular weight is 311 g/mol. The number of hydrogen-bond donors (Lipinski definition) is 1. The van der Waals surface area contributed by atoms with Gasteiger partial charge in [0.15, 0.2) is 11.0 Å². The van der Waals surface area contributed by atoms with Crippen molar-refractivity contribution in [3.8, 4) is 17.5 Å². The Morgan fingerprint density at radius 2 is 2.14 bits per heavy atom. The maximum absolute atomic E-state index is 8.62. The Balaban J connectivity index is 1.97. The molecular formula is C16H17N5S. The molecule has 0 unspecified atom stereocenters. The van der Waals surface area contributed by atoms with Gasteiger partial charge in [0.25, 0.3) is 0 Å². The second-order valence-electron chi connectivity index (χ2n) is 5.26. The van der Waals surface area contributed by atoms with E-state index < -0.39 is 0 Å². The number of nitrogens with zero attached hydrogens (tertiary/aromatic N) is 4. The summed E-state index contributed by atoms with van der Waals surface area (Å²) in [5, 5.41) is 19.2. The van der Waals surface area contributed by atoms with Crippen LogP contribution in [0.3, 0.4) is 0 Å². The van der Waals surface area contributed by atoms with Gasteiger partial charge in [0.1, 0.15) is 0 Å². The van der Waals surface area contributed by atoms with Gasteiger partial charge >= 0.3 is 0 Å². The number of aromatic nitrogens is 4. The molecule has 2 aromatic heterocycles. The predicted octanol–water partition coefficient (Wildman–Crippen LogP) is 3.59. The Morgan fingerprint density at radius 3 is 2.91 bits per heavy atom. The van der Waals surface area contributed by atoms with E-state index >= 15 is 0 Å². The number of aryl methyl sites for hydroxylation is 2. The van der Waals surface area contributed by atoms with Crippen molar-refractivity contribution in [2.24, 2.45) is 7.05 Å². The molecule has 0 aliphatic heterocycles. The van der Waals surface area contributed by atoms with E-state index in [1.807, 2.05) is 11.6 Å². The summed E-state index contributed by atoms with van der Waals surface area (Å²) < 4.78 is 1.98. The van der Waals surface area contributed by atoms with E-state index in [2.05, 4.69) is 53.3 Å². The van der Waals surface area contributed by atoms with Crippen LogP contribution in [0.1, 0.15) is 17.7 Å². The first kappa shape index (κ1) is 14.7. The van der Waals surface area contributed by atoms with Crippen molar-refractivity contribution in [2.45, 2.75) is 25.4 Å². The Kier molecular flexibility index (Phi) is 3.90. The van der Waals surface area contributed by atoms with Gasteiger partial charge in [0.05, 0.1) is 6.07 Å². The fourth-order valence-electron chi connectivity index (χ4n) is 2.48. The monoisotopic (exact) mass is 311 g/mol. The van der Waals surface area contributed by atoms with Gasteiger partial charge in [0, 0.05) is 41.4 Å². The molecule has 3 rings (SSSR count). The molecule has 112 valence electrons. The second-order valence-corrected chi connectivity index (χ2v) is 6.32. The van der Waals surface area contributed by atoms with E-state index in [4.69, 9.17) is 5.26 Å². The summed E-state index contributed by atoms with van der Waals surface area (Å²) in [5.41, 5.74) is 4.65. The number of benzene rings is 1. The first-order valence-electron chi connectivity index (χ1n) is 7.10. The van der Waals surface area contributed by atoms with Crippen molar-refractivity contribution in [3.63, 3.8) is 0 Å². The van der Waals surface area contributed by atoms with E-state index in [9.17, 15) is 0 Å². The highest BCUT2D eigenvalue weighted by Gasteiger charge is 2.13. The van der Waals surface area contributed by atoms with Crippen LogP contribution in [0, 0.1) is 25.2 Å². The van der Waals surface area contributed by atoms with Gasteiger partial charge in [0.2, 0.25) is 0 Å². The zero-order chi connectivity index (χ0) is 15.7. The lowest BCUT2D eigenvalue weighted by atomic mass is 10.1. The maximum Gasteiger partial charge on any atom is 0.191 e. The summed E-state index contributed by atoms with van der Waals surface area (Å²) in [6.07, 6.45) is 0.515. The van der Waals surface area contributed by atoms with Gasteiger partial charge in [-0.1, -0.05) is 11.8 Å². The summed E-state index contributed by atoms with van der Waals surface area (Å²) in [5.74, 6) is 1.58. The molecule has 3 aromatic rings. The van der Waals surface area contributed by atoms with Crippen LogP contribution in [0.5, 0.6) is 0 Å². The smallest absolute Gasteiger partial charge is 0.191 e. The summed E-state index contributed by atoms with van der Waals surface area (Å²) in [4.78, 5) is 3.38. The first-order valence-corrected chi connectivity index (χ1v) is 8.09. The number of aromatic amines is 1. The Labute approximate surface area is 133 Å². The minimum atomic E-state index is 0.515. The molecule has 22 heavy (non-hydrogen) atoms. The number of nitrogens with one attached hydrogen (secondary N) is 1. The minimum Gasteiger partial charge on any atom is -0.358 e. The first-order chi connectivity index (χ1) is 10.6. The molecule has 0 amide bonds. The lowest BCUT2D eigenvalue weighted by molar-refractivity contribution is 0.794. The third-order valence-corrected chi connectivity index (χ3v) is 4.87. The molecule has 6 heteroatoms. The molecular weight excluding hydrogens is 294 g/mol. The summed E-state index contributed by atoms with van der Waals surface area (Å²) in [6, 6.07) is 8.44. The zero-order valence-corrected chi connectivity index (χ0v) is 13.7. The Morgan fingerprint density at radius 1 is 1.32 bits per heavy atom. The molecule has 0 saturated carbocycles. The molecule has 0 aliphatic rings. The van der Waals surface area contributed by atoms with Crippen LogP contribution < -0.4 is 0 Å². The van der Waals surface area contributed by atoms with Crippen LogP contribution in [-0.4, -0.2) is 25.5 Å². The number of nitriles is 1. The SMILES string of the molecule is Cc1[nH]c2ccc(-c3nnc(SCCC#N)n3C)cc2c1C. The van der Waals surface area contributed by atoms with Crippen molar-refractivity contribution in [1.82, 2.24) is 19.7 Å². The van der Waals surface area contributed by atoms with Gasteiger partial charge in [-0.2, -0.15) is 5.26 Å². The van der Waals surface area contributed by atoms with Crippen LogP contribution in [0.25, 0.3) is 22.3 Å². The number of thioether (sulfide) groups is 1. The highest BCUT2D eigenvalue weighted by molar-refractivity contribution is 7.99. The Bertz CT molecular complexity index is 869. The minimum absolute atomic E-state index is 0.515. The summed E-state index contributed by atoms with van der Waals surface area (Å²) >= 11 is 1.56. The lowest BCUT2D eigenvalue weighted by Crippen LogP contribution is -1.95. The third-order valence-electron chi connectivity index (χ3n) is 3.85. The molecule has 0 bridgehead atoms. The number of hydrogen-bond acceptors (Lipinski definition) is 4. The number of fused-ring (bicyclic) bond motifs is 1. The molecule has 0 atom stereocenters. The summed E-state index contributed by atoms with van der Waals surface area (Å²) in [6.45, 7) is 4.21. The van der Waals surface area contributed by atoms with E-state index in [-0.39, 0.29) is 0 Å². The van der Waals surface area contributed by atoms with Gasteiger partial charge in [-0.05, 0) is 37.6 Å². The largest absolute Gasteiger partial charge is 0.358 e. The molecule has 1 aromatic carbocycles. The Hall–Kier alpha value is -2.26. The molecule has 1 N–H and O–H groups in total. The highest BCUT2D eigenvalue weighted by atomic mass is 32.2. The van der Waals surface area contributed by atoms with Crippen LogP contribution in [0.15, 0.2) is 23.4 Å². The van der Waals surface area contributed by atoms with Crippen molar-refractivity contribution in [2.75, 3.05) is 5.75 Å². The van der Waals surface area contributed by atoms with Gasteiger partial charge in [-0.25, -0.2) is 0 Å². The standard InChI is InChI=1S/C16H17N5S/c1-10-11(2)18-14-6-5-12(9-13(10)14)15-19-20-16(21(15)3)22-8-4-7-17/h5-6,9,18H,4,8H2,1-3H3. The predicted molar refractivity (Wildman–Crippen MR) is 88.7 cm³/mol. The van der Waals surface area contributed by atoms with E-state index in [1.54, 1.807) is 11.8 Å². The van der Waals surface area contributed by atoms with Gasteiger partial charge < -0.3 is 9.55 Å². The maximum atomic E-state index is 8.62. The van der Waals surface area contributed by atoms with Crippen LogP contribution in [0.4, 0.5) is 0 Å².